The summed E-state index contributed by atoms with van der Waals surface area (Å²) in [4.78, 5) is 15.1. The van der Waals surface area contributed by atoms with Crippen molar-refractivity contribution in [1.29, 1.82) is 0 Å². The Balaban J connectivity index is 1.55. The van der Waals surface area contributed by atoms with E-state index in [4.69, 9.17) is 0 Å². The second-order valence-corrected chi connectivity index (χ2v) is 9.71. The van der Waals surface area contributed by atoms with Gasteiger partial charge in [0.15, 0.2) is 0 Å². The molecule has 0 aromatic heterocycles. The van der Waals surface area contributed by atoms with E-state index in [1.54, 1.807) is 24.3 Å². The van der Waals surface area contributed by atoms with E-state index in [0.717, 1.165) is 18.7 Å². The molecule has 3 rings (SSSR count). The Kier molecular flexibility index (Phi) is 7.64. The molecule has 0 bridgehead atoms. The maximum Gasteiger partial charge on any atom is 0.240 e. The van der Waals surface area contributed by atoms with Crippen LogP contribution in [0.5, 0.6) is 0 Å². The minimum absolute atomic E-state index is 0.0123. The summed E-state index contributed by atoms with van der Waals surface area (Å²) >= 11 is 0. The molecule has 6 nitrogen and oxygen atoms in total. The molecule has 1 aliphatic heterocycles. The Bertz CT molecular complexity index is 935. The summed E-state index contributed by atoms with van der Waals surface area (Å²) in [6, 6.07) is 15.4. The maximum atomic E-state index is 12.5. The lowest BCUT2D eigenvalue weighted by molar-refractivity contribution is -0.121. The fourth-order valence-electron chi connectivity index (χ4n) is 3.81. The lowest BCUT2D eigenvalue weighted by Crippen LogP contribution is -2.36. The summed E-state index contributed by atoms with van der Waals surface area (Å²) < 4.78 is 25.9. The molecule has 1 aliphatic rings. The standard InChI is InChI=1S/C23H31N3O3S/c1-18-5-10-20(11-6-18)22(26-15-3-4-16-26)17-25-23(27)14-9-19-7-12-21(13-8-19)30(28,29)24-2/h5-8,10-13,22,24H,3-4,9,14-17H2,1-2H3,(H,25,27)/t22-/m0/s1. The first-order chi connectivity index (χ1) is 14.4. The molecular weight excluding hydrogens is 398 g/mol. The molecule has 162 valence electrons. The monoisotopic (exact) mass is 429 g/mol. The van der Waals surface area contributed by atoms with Crippen LogP contribution in [0.4, 0.5) is 0 Å². The van der Waals surface area contributed by atoms with Crippen molar-refractivity contribution in [2.24, 2.45) is 0 Å². The van der Waals surface area contributed by atoms with Gasteiger partial charge in [-0.15, -0.1) is 0 Å². The fraction of sp³-hybridized carbons (Fsp3) is 0.435. The minimum Gasteiger partial charge on any atom is -0.354 e. The third-order valence-corrected chi connectivity index (χ3v) is 7.11. The molecule has 0 unspecified atom stereocenters. The van der Waals surface area contributed by atoms with Gasteiger partial charge in [-0.1, -0.05) is 42.0 Å². The number of amides is 1. The second kappa shape index (κ2) is 10.2. The van der Waals surface area contributed by atoms with Crippen molar-refractivity contribution in [2.45, 2.75) is 43.5 Å². The van der Waals surface area contributed by atoms with Crippen LogP contribution in [0.15, 0.2) is 53.4 Å². The summed E-state index contributed by atoms with van der Waals surface area (Å²) in [6.45, 7) is 4.81. The van der Waals surface area contributed by atoms with Crippen LogP contribution in [-0.4, -0.2) is 45.9 Å². The van der Waals surface area contributed by atoms with Crippen molar-refractivity contribution in [3.63, 3.8) is 0 Å². The Hall–Kier alpha value is -2.22. The molecule has 1 atom stereocenters. The van der Waals surface area contributed by atoms with Gasteiger partial charge in [0.1, 0.15) is 0 Å². The van der Waals surface area contributed by atoms with E-state index >= 15 is 0 Å². The van der Waals surface area contributed by atoms with E-state index in [0.29, 0.717) is 19.4 Å². The van der Waals surface area contributed by atoms with Crippen LogP contribution < -0.4 is 10.0 Å². The van der Waals surface area contributed by atoms with Crippen molar-refractivity contribution in [3.8, 4) is 0 Å². The van der Waals surface area contributed by atoms with Crippen molar-refractivity contribution in [3.05, 3.63) is 65.2 Å². The normalized spacial score (nSPS) is 15.8. The largest absolute Gasteiger partial charge is 0.354 e. The van der Waals surface area contributed by atoms with Gasteiger partial charge in [-0.05, 0) is 69.6 Å². The number of carbonyl (C=O) groups excluding carboxylic acids is 1. The summed E-state index contributed by atoms with van der Waals surface area (Å²) in [6.07, 6.45) is 3.36. The van der Waals surface area contributed by atoms with E-state index in [2.05, 4.69) is 46.1 Å². The van der Waals surface area contributed by atoms with Crippen LogP contribution in [0.2, 0.25) is 0 Å². The third-order valence-electron chi connectivity index (χ3n) is 5.68. The van der Waals surface area contributed by atoms with Crippen molar-refractivity contribution >= 4 is 15.9 Å². The molecule has 7 heteroatoms. The lowest BCUT2D eigenvalue weighted by Gasteiger charge is -2.28. The first-order valence-corrected chi connectivity index (χ1v) is 12.0. The highest BCUT2D eigenvalue weighted by molar-refractivity contribution is 7.89. The molecule has 1 fully saturated rings. The smallest absolute Gasteiger partial charge is 0.240 e. The summed E-state index contributed by atoms with van der Waals surface area (Å²) in [5, 5.41) is 3.10. The van der Waals surface area contributed by atoms with Crippen molar-refractivity contribution in [2.75, 3.05) is 26.7 Å². The number of likely N-dealkylation sites (tertiary alicyclic amines) is 1. The molecule has 2 aromatic rings. The van der Waals surface area contributed by atoms with Gasteiger partial charge in [-0.2, -0.15) is 0 Å². The van der Waals surface area contributed by atoms with Gasteiger partial charge in [0, 0.05) is 13.0 Å². The predicted molar refractivity (Wildman–Crippen MR) is 119 cm³/mol. The molecule has 1 heterocycles. The zero-order valence-corrected chi connectivity index (χ0v) is 18.5. The van der Waals surface area contributed by atoms with Gasteiger partial charge in [-0.25, -0.2) is 13.1 Å². The molecule has 1 saturated heterocycles. The maximum absolute atomic E-state index is 12.5. The lowest BCUT2D eigenvalue weighted by atomic mass is 10.0. The minimum atomic E-state index is -3.44. The van der Waals surface area contributed by atoms with Gasteiger partial charge in [0.05, 0.1) is 10.9 Å². The van der Waals surface area contributed by atoms with Crippen LogP contribution in [-0.2, 0) is 21.2 Å². The van der Waals surface area contributed by atoms with E-state index < -0.39 is 10.0 Å². The molecule has 0 aliphatic carbocycles. The number of nitrogens with one attached hydrogen (secondary N) is 2. The van der Waals surface area contributed by atoms with Crippen LogP contribution in [0.25, 0.3) is 0 Å². The van der Waals surface area contributed by atoms with Gasteiger partial charge < -0.3 is 5.32 Å². The van der Waals surface area contributed by atoms with Crippen molar-refractivity contribution in [1.82, 2.24) is 14.9 Å². The average Bonchev–Trinajstić information content (AvgIpc) is 3.28. The molecular formula is C23H31N3O3S. The molecule has 0 radical (unpaired) electrons. The molecule has 0 spiro atoms. The number of hydrogen-bond acceptors (Lipinski definition) is 4. The van der Waals surface area contributed by atoms with E-state index in [1.165, 1.54) is 31.0 Å². The fourth-order valence-corrected chi connectivity index (χ4v) is 4.54. The van der Waals surface area contributed by atoms with Crippen LogP contribution in [0.3, 0.4) is 0 Å². The average molecular weight is 430 g/mol. The quantitative estimate of drug-likeness (QED) is 0.643. The van der Waals surface area contributed by atoms with Crippen LogP contribution >= 0.6 is 0 Å². The van der Waals surface area contributed by atoms with E-state index in [-0.39, 0.29) is 16.8 Å². The third kappa shape index (κ3) is 5.90. The topological polar surface area (TPSA) is 78.5 Å². The predicted octanol–water partition coefficient (Wildman–Crippen LogP) is 2.79. The summed E-state index contributed by atoms with van der Waals surface area (Å²) in [5.41, 5.74) is 3.41. The Morgan fingerprint density at radius 3 is 2.27 bits per heavy atom. The highest BCUT2D eigenvalue weighted by atomic mass is 32.2. The van der Waals surface area contributed by atoms with Gasteiger partial charge >= 0.3 is 0 Å². The van der Waals surface area contributed by atoms with Crippen LogP contribution in [0, 0.1) is 6.92 Å². The van der Waals surface area contributed by atoms with Gasteiger partial charge in [-0.3, -0.25) is 9.69 Å². The number of sulfonamides is 1. The molecule has 0 saturated carbocycles. The number of hydrogen-bond donors (Lipinski definition) is 2. The summed E-state index contributed by atoms with van der Waals surface area (Å²) in [5.74, 6) is 0.0123. The molecule has 2 N–H and O–H groups in total. The number of carbonyl (C=O) groups is 1. The Morgan fingerprint density at radius 2 is 1.67 bits per heavy atom. The van der Waals surface area contributed by atoms with Crippen molar-refractivity contribution < 1.29 is 13.2 Å². The Labute approximate surface area is 179 Å². The number of rotatable bonds is 9. The highest BCUT2D eigenvalue weighted by Gasteiger charge is 2.23. The molecule has 30 heavy (non-hydrogen) atoms. The van der Waals surface area contributed by atoms with E-state index in [1.807, 2.05) is 0 Å². The number of nitrogens with zero attached hydrogens (tertiary/aromatic N) is 1. The first-order valence-electron chi connectivity index (χ1n) is 10.5. The molecule has 2 aromatic carbocycles. The SMILES string of the molecule is CNS(=O)(=O)c1ccc(CCC(=O)NC[C@@H](c2ccc(C)cc2)N2CCCC2)cc1. The zero-order chi connectivity index (χ0) is 21.6. The number of benzene rings is 2. The van der Waals surface area contributed by atoms with E-state index in [9.17, 15) is 13.2 Å². The second-order valence-electron chi connectivity index (χ2n) is 7.83. The summed E-state index contributed by atoms with van der Waals surface area (Å²) in [7, 11) is -2.05. The van der Waals surface area contributed by atoms with Gasteiger partial charge in [0.25, 0.3) is 0 Å². The van der Waals surface area contributed by atoms with Crippen LogP contribution in [0.1, 0.15) is 42.0 Å². The highest BCUT2D eigenvalue weighted by Crippen LogP contribution is 2.25. The molecule has 1 amide bonds. The van der Waals surface area contributed by atoms with Gasteiger partial charge in [0.2, 0.25) is 15.9 Å². The number of aryl methyl sites for hydroxylation is 2. The zero-order valence-electron chi connectivity index (χ0n) is 17.7. The first kappa shape index (κ1) is 22.5. The Morgan fingerprint density at radius 1 is 1.03 bits per heavy atom.